The van der Waals surface area contributed by atoms with E-state index in [9.17, 15) is 0 Å². The SMILES string of the molecule is COc1ncccc1C(N)C1CCCc2cccnc21. The predicted octanol–water partition coefficient (Wildman–Crippen LogP) is 2.61. The maximum absolute atomic E-state index is 6.50. The molecule has 0 saturated carbocycles. The quantitative estimate of drug-likeness (QED) is 0.930. The molecule has 20 heavy (non-hydrogen) atoms. The van der Waals surface area contributed by atoms with Crippen molar-refractivity contribution in [2.75, 3.05) is 7.11 Å². The van der Waals surface area contributed by atoms with Crippen LogP contribution in [0.4, 0.5) is 0 Å². The first-order valence-corrected chi connectivity index (χ1v) is 6.99. The third-order valence-electron chi connectivity index (χ3n) is 4.03. The van der Waals surface area contributed by atoms with Gasteiger partial charge in [0.05, 0.1) is 7.11 Å². The van der Waals surface area contributed by atoms with Crippen molar-refractivity contribution in [1.29, 1.82) is 0 Å². The molecule has 0 amide bonds. The molecule has 0 bridgehead atoms. The number of aryl methyl sites for hydroxylation is 1. The first-order chi connectivity index (χ1) is 9.81. The average molecular weight is 269 g/mol. The van der Waals surface area contributed by atoms with Crippen LogP contribution in [0.5, 0.6) is 5.88 Å². The van der Waals surface area contributed by atoms with E-state index in [1.165, 1.54) is 5.56 Å². The van der Waals surface area contributed by atoms with Crippen molar-refractivity contribution in [3.05, 3.63) is 53.5 Å². The lowest BCUT2D eigenvalue weighted by Crippen LogP contribution is -2.25. The molecule has 1 aliphatic carbocycles. The maximum atomic E-state index is 6.50. The van der Waals surface area contributed by atoms with Crippen molar-refractivity contribution in [1.82, 2.24) is 9.97 Å². The summed E-state index contributed by atoms with van der Waals surface area (Å²) in [6.07, 6.45) is 6.88. The van der Waals surface area contributed by atoms with E-state index < -0.39 is 0 Å². The van der Waals surface area contributed by atoms with Gasteiger partial charge in [0.15, 0.2) is 0 Å². The number of hydrogen-bond donors (Lipinski definition) is 1. The lowest BCUT2D eigenvalue weighted by molar-refractivity contribution is 0.378. The molecule has 4 heteroatoms. The molecule has 1 aliphatic rings. The van der Waals surface area contributed by atoms with Crippen molar-refractivity contribution in [2.24, 2.45) is 5.73 Å². The topological polar surface area (TPSA) is 61.0 Å². The van der Waals surface area contributed by atoms with Crippen LogP contribution in [0.1, 0.15) is 41.6 Å². The van der Waals surface area contributed by atoms with Gasteiger partial charge in [0.1, 0.15) is 0 Å². The summed E-state index contributed by atoms with van der Waals surface area (Å²) in [5.41, 5.74) is 9.92. The summed E-state index contributed by atoms with van der Waals surface area (Å²) in [5, 5.41) is 0. The Bertz CT molecular complexity index is 600. The highest BCUT2D eigenvalue weighted by Gasteiger charge is 2.29. The summed E-state index contributed by atoms with van der Waals surface area (Å²) >= 11 is 0. The Labute approximate surface area is 119 Å². The number of nitrogens with two attached hydrogens (primary N) is 1. The minimum absolute atomic E-state index is 0.132. The predicted molar refractivity (Wildman–Crippen MR) is 77.6 cm³/mol. The summed E-state index contributed by atoms with van der Waals surface area (Å²) in [6, 6.07) is 7.92. The van der Waals surface area contributed by atoms with Gasteiger partial charge in [-0.1, -0.05) is 12.1 Å². The molecule has 3 rings (SSSR count). The average Bonchev–Trinajstić information content (AvgIpc) is 2.53. The van der Waals surface area contributed by atoms with E-state index >= 15 is 0 Å². The zero-order valence-corrected chi connectivity index (χ0v) is 11.6. The van der Waals surface area contributed by atoms with Crippen molar-refractivity contribution in [3.63, 3.8) is 0 Å². The Morgan fingerprint density at radius 1 is 1.25 bits per heavy atom. The van der Waals surface area contributed by atoms with Crippen LogP contribution in [0, 0.1) is 0 Å². The smallest absolute Gasteiger partial charge is 0.217 e. The van der Waals surface area contributed by atoms with Crippen molar-refractivity contribution in [2.45, 2.75) is 31.2 Å². The fourth-order valence-electron chi connectivity index (χ4n) is 3.04. The highest BCUT2D eigenvalue weighted by molar-refractivity contribution is 5.35. The number of nitrogens with zero attached hydrogens (tertiary/aromatic N) is 2. The second-order valence-corrected chi connectivity index (χ2v) is 5.17. The van der Waals surface area contributed by atoms with Gasteiger partial charge in [-0.3, -0.25) is 4.98 Å². The molecule has 4 nitrogen and oxygen atoms in total. The first-order valence-electron chi connectivity index (χ1n) is 6.99. The van der Waals surface area contributed by atoms with E-state index in [0.717, 1.165) is 30.5 Å². The molecule has 2 aromatic rings. The Morgan fingerprint density at radius 2 is 2.05 bits per heavy atom. The van der Waals surface area contributed by atoms with Gasteiger partial charge in [0.25, 0.3) is 0 Å². The minimum Gasteiger partial charge on any atom is -0.481 e. The summed E-state index contributed by atoms with van der Waals surface area (Å²) in [6.45, 7) is 0. The molecule has 0 aliphatic heterocycles. The van der Waals surface area contributed by atoms with E-state index in [1.54, 1.807) is 13.3 Å². The zero-order valence-electron chi connectivity index (χ0n) is 11.6. The molecule has 2 unspecified atom stereocenters. The number of pyridine rings is 2. The molecule has 2 aromatic heterocycles. The minimum atomic E-state index is -0.132. The van der Waals surface area contributed by atoms with Crippen LogP contribution in [0.25, 0.3) is 0 Å². The first kappa shape index (κ1) is 13.1. The van der Waals surface area contributed by atoms with Gasteiger partial charge in [0.2, 0.25) is 5.88 Å². The third-order valence-corrected chi connectivity index (χ3v) is 4.03. The van der Waals surface area contributed by atoms with Crippen molar-refractivity contribution in [3.8, 4) is 5.88 Å². The number of methoxy groups -OCH3 is 1. The molecule has 2 atom stereocenters. The molecule has 104 valence electrons. The lowest BCUT2D eigenvalue weighted by atomic mass is 9.80. The fraction of sp³-hybridized carbons (Fsp3) is 0.375. The fourth-order valence-corrected chi connectivity index (χ4v) is 3.04. The highest BCUT2D eigenvalue weighted by Crippen LogP contribution is 2.39. The van der Waals surface area contributed by atoms with E-state index in [4.69, 9.17) is 10.5 Å². The summed E-state index contributed by atoms with van der Waals surface area (Å²) in [7, 11) is 1.63. The van der Waals surface area contributed by atoms with Gasteiger partial charge in [-0.2, -0.15) is 0 Å². The van der Waals surface area contributed by atoms with Crippen LogP contribution in [0.15, 0.2) is 36.7 Å². The van der Waals surface area contributed by atoms with E-state index in [-0.39, 0.29) is 12.0 Å². The number of ether oxygens (including phenoxy) is 1. The number of fused-ring (bicyclic) bond motifs is 1. The standard InChI is InChI=1S/C16H19N3O/c1-20-16-13(8-4-10-19-16)14(17)12-7-2-5-11-6-3-9-18-15(11)12/h3-4,6,8-10,12,14H,2,5,7,17H2,1H3. The van der Waals surface area contributed by atoms with Crippen molar-refractivity contribution < 1.29 is 4.74 Å². The number of rotatable bonds is 3. The second-order valence-electron chi connectivity index (χ2n) is 5.17. The molecule has 2 N–H and O–H groups in total. The Kier molecular flexibility index (Phi) is 3.65. The van der Waals surface area contributed by atoms with Crippen LogP contribution >= 0.6 is 0 Å². The molecule has 0 aromatic carbocycles. The Hall–Kier alpha value is -1.94. The van der Waals surface area contributed by atoms with Gasteiger partial charge < -0.3 is 10.5 Å². The van der Waals surface area contributed by atoms with E-state index in [0.29, 0.717) is 5.88 Å². The molecule has 0 fully saturated rings. The largest absolute Gasteiger partial charge is 0.481 e. The highest BCUT2D eigenvalue weighted by atomic mass is 16.5. The monoisotopic (exact) mass is 269 g/mol. The van der Waals surface area contributed by atoms with Crippen molar-refractivity contribution >= 4 is 0 Å². The van der Waals surface area contributed by atoms with Gasteiger partial charge in [-0.15, -0.1) is 0 Å². The Balaban J connectivity index is 1.97. The molecular weight excluding hydrogens is 250 g/mol. The van der Waals surface area contributed by atoms with E-state index in [1.807, 2.05) is 24.4 Å². The van der Waals surface area contributed by atoms with Gasteiger partial charge in [-0.25, -0.2) is 4.98 Å². The van der Waals surface area contributed by atoms with Crippen LogP contribution in [-0.4, -0.2) is 17.1 Å². The van der Waals surface area contributed by atoms with Crippen LogP contribution in [0.3, 0.4) is 0 Å². The van der Waals surface area contributed by atoms with E-state index in [2.05, 4.69) is 16.0 Å². The lowest BCUT2D eigenvalue weighted by Gasteiger charge is -2.29. The van der Waals surface area contributed by atoms with Crippen LogP contribution in [0.2, 0.25) is 0 Å². The number of aromatic nitrogens is 2. The molecule has 0 spiro atoms. The maximum Gasteiger partial charge on any atom is 0.217 e. The third kappa shape index (κ3) is 2.27. The van der Waals surface area contributed by atoms with Gasteiger partial charge >= 0.3 is 0 Å². The number of hydrogen-bond acceptors (Lipinski definition) is 4. The molecule has 2 heterocycles. The summed E-state index contributed by atoms with van der Waals surface area (Å²) < 4.78 is 5.33. The normalized spacial score (nSPS) is 19.2. The molecular formula is C16H19N3O. The van der Waals surface area contributed by atoms with Crippen LogP contribution < -0.4 is 10.5 Å². The van der Waals surface area contributed by atoms with Crippen LogP contribution in [-0.2, 0) is 6.42 Å². The zero-order chi connectivity index (χ0) is 13.9. The summed E-state index contributed by atoms with van der Waals surface area (Å²) in [5.74, 6) is 0.848. The molecule has 0 radical (unpaired) electrons. The van der Waals surface area contributed by atoms with Gasteiger partial charge in [-0.05, 0) is 37.0 Å². The second kappa shape index (κ2) is 5.59. The Morgan fingerprint density at radius 3 is 2.90 bits per heavy atom. The molecule has 0 saturated heterocycles. The summed E-state index contributed by atoms with van der Waals surface area (Å²) in [4.78, 5) is 8.81. The van der Waals surface area contributed by atoms with Gasteiger partial charge in [0, 0.05) is 35.6 Å².